The minimum Gasteiger partial charge on any atom is -0.379 e. The largest absolute Gasteiger partial charge is 0.379 e. The van der Waals surface area contributed by atoms with Crippen LogP contribution in [0.15, 0.2) is 29.3 Å². The van der Waals surface area contributed by atoms with E-state index in [0.717, 1.165) is 38.8 Å². The monoisotopic (exact) mass is 490 g/mol. The number of methoxy groups -OCH3 is 1. The Balaban J connectivity index is 0.00000364. The molecule has 1 heterocycles. The van der Waals surface area contributed by atoms with Crippen LogP contribution in [0.4, 0.5) is 0 Å². The number of benzene rings is 1. The highest BCUT2D eigenvalue weighted by atomic mass is 127. The van der Waals surface area contributed by atoms with Gasteiger partial charge in [-0.15, -0.1) is 24.0 Å². The van der Waals surface area contributed by atoms with Crippen molar-refractivity contribution >= 4 is 29.9 Å². The lowest BCUT2D eigenvalue weighted by atomic mass is 10.0. The number of rotatable bonds is 7. The maximum Gasteiger partial charge on any atom is 0.191 e. The van der Waals surface area contributed by atoms with Gasteiger partial charge in [-0.1, -0.05) is 29.8 Å². The van der Waals surface area contributed by atoms with Gasteiger partial charge in [0.05, 0.1) is 24.9 Å². The zero-order valence-corrected chi connectivity index (χ0v) is 19.6. The summed E-state index contributed by atoms with van der Waals surface area (Å²) in [6.45, 7) is 11.2. The smallest absolute Gasteiger partial charge is 0.191 e. The number of morpholine rings is 1. The second-order valence-corrected chi connectivity index (χ2v) is 7.35. The zero-order valence-electron chi connectivity index (χ0n) is 17.2. The molecule has 1 aliphatic heterocycles. The molecular formula is C20H35IN4O2. The predicted molar refractivity (Wildman–Crippen MR) is 122 cm³/mol. The Kier molecular flexibility index (Phi) is 10.6. The van der Waals surface area contributed by atoms with E-state index in [1.54, 1.807) is 14.2 Å². The Morgan fingerprint density at radius 3 is 2.59 bits per heavy atom. The average molecular weight is 490 g/mol. The van der Waals surface area contributed by atoms with Crippen molar-refractivity contribution in [1.29, 1.82) is 0 Å². The molecule has 0 bridgehead atoms. The molecule has 2 N–H and O–H groups in total. The van der Waals surface area contributed by atoms with Crippen LogP contribution in [0.2, 0.25) is 0 Å². The Labute approximate surface area is 181 Å². The van der Waals surface area contributed by atoms with Gasteiger partial charge in [0.25, 0.3) is 0 Å². The quantitative estimate of drug-likeness (QED) is 0.350. The highest BCUT2D eigenvalue weighted by Gasteiger charge is 2.23. The molecule has 27 heavy (non-hydrogen) atoms. The molecule has 2 rings (SSSR count). The van der Waals surface area contributed by atoms with E-state index in [1.165, 1.54) is 11.1 Å². The molecule has 1 saturated heterocycles. The fraction of sp³-hybridized carbons (Fsp3) is 0.650. The molecule has 0 radical (unpaired) electrons. The summed E-state index contributed by atoms with van der Waals surface area (Å²) in [5.74, 6) is 0.793. The first-order valence-electron chi connectivity index (χ1n) is 9.33. The van der Waals surface area contributed by atoms with Crippen molar-refractivity contribution in [2.75, 3.05) is 53.6 Å². The summed E-state index contributed by atoms with van der Waals surface area (Å²) in [6.07, 6.45) is 0. The first-order chi connectivity index (χ1) is 12.4. The fourth-order valence-corrected chi connectivity index (χ4v) is 3.01. The number of aryl methyl sites for hydroxylation is 1. The minimum atomic E-state index is -0.238. The molecular weight excluding hydrogens is 455 g/mol. The van der Waals surface area contributed by atoms with Crippen LogP contribution in [0.5, 0.6) is 0 Å². The van der Waals surface area contributed by atoms with Gasteiger partial charge < -0.3 is 20.1 Å². The van der Waals surface area contributed by atoms with Gasteiger partial charge in [-0.2, -0.15) is 0 Å². The van der Waals surface area contributed by atoms with E-state index in [-0.39, 0.29) is 35.6 Å². The Morgan fingerprint density at radius 2 is 2.00 bits per heavy atom. The third-order valence-corrected chi connectivity index (χ3v) is 4.83. The average Bonchev–Trinajstić information content (AvgIpc) is 2.65. The standard InChI is InChI=1S/C20H34N4O2.HI/c1-16-7-6-8-17(13-16)18(24-9-11-26-12-10-24)14-22-19(21-4)23-15-20(2,3)25-5;/h6-8,13,18H,9-12,14-15H2,1-5H3,(H2,21,22,23);1H. The first-order valence-corrected chi connectivity index (χ1v) is 9.33. The number of nitrogens with zero attached hydrogens (tertiary/aromatic N) is 2. The summed E-state index contributed by atoms with van der Waals surface area (Å²) >= 11 is 0. The summed E-state index contributed by atoms with van der Waals surface area (Å²) < 4.78 is 11.0. The molecule has 0 aliphatic carbocycles. The van der Waals surface area contributed by atoms with E-state index in [1.807, 2.05) is 0 Å². The summed E-state index contributed by atoms with van der Waals surface area (Å²) in [7, 11) is 3.52. The van der Waals surface area contributed by atoms with E-state index in [9.17, 15) is 0 Å². The Morgan fingerprint density at radius 1 is 1.30 bits per heavy atom. The van der Waals surface area contributed by atoms with Crippen molar-refractivity contribution < 1.29 is 9.47 Å². The van der Waals surface area contributed by atoms with E-state index in [4.69, 9.17) is 9.47 Å². The van der Waals surface area contributed by atoms with Gasteiger partial charge >= 0.3 is 0 Å². The molecule has 1 unspecified atom stereocenters. The van der Waals surface area contributed by atoms with Crippen LogP contribution in [0, 0.1) is 6.92 Å². The van der Waals surface area contributed by atoms with Gasteiger partial charge in [-0.25, -0.2) is 0 Å². The van der Waals surface area contributed by atoms with Crippen LogP contribution in [-0.4, -0.2) is 70.0 Å². The lowest BCUT2D eigenvalue weighted by Gasteiger charge is -2.35. The second kappa shape index (κ2) is 11.8. The van der Waals surface area contributed by atoms with Gasteiger partial charge in [0, 0.05) is 40.3 Å². The molecule has 0 amide bonds. The maximum absolute atomic E-state index is 5.53. The minimum absolute atomic E-state index is 0. The lowest BCUT2D eigenvalue weighted by Crippen LogP contribution is -2.49. The molecule has 1 aromatic carbocycles. The molecule has 154 valence electrons. The van der Waals surface area contributed by atoms with Gasteiger partial charge in [0.1, 0.15) is 0 Å². The molecule has 0 spiro atoms. The van der Waals surface area contributed by atoms with Crippen LogP contribution in [-0.2, 0) is 9.47 Å². The third-order valence-electron chi connectivity index (χ3n) is 4.83. The molecule has 1 atom stereocenters. The van der Waals surface area contributed by atoms with Crippen molar-refractivity contribution in [2.45, 2.75) is 32.4 Å². The summed E-state index contributed by atoms with van der Waals surface area (Å²) in [6, 6.07) is 9.03. The van der Waals surface area contributed by atoms with E-state index in [2.05, 4.69) is 65.6 Å². The first kappa shape index (κ1) is 24.1. The van der Waals surface area contributed by atoms with Crippen LogP contribution >= 0.6 is 24.0 Å². The number of nitrogens with one attached hydrogen (secondary N) is 2. The summed E-state index contributed by atoms with van der Waals surface area (Å²) in [4.78, 5) is 6.83. The molecule has 7 heteroatoms. The van der Waals surface area contributed by atoms with Crippen molar-refractivity contribution in [3.8, 4) is 0 Å². The molecule has 0 aromatic heterocycles. The van der Waals surface area contributed by atoms with Crippen molar-refractivity contribution in [1.82, 2.24) is 15.5 Å². The van der Waals surface area contributed by atoms with Crippen LogP contribution in [0.1, 0.15) is 31.0 Å². The van der Waals surface area contributed by atoms with Crippen molar-refractivity contribution in [3.05, 3.63) is 35.4 Å². The molecule has 6 nitrogen and oxygen atoms in total. The number of hydrogen-bond acceptors (Lipinski definition) is 4. The van der Waals surface area contributed by atoms with Crippen LogP contribution in [0.3, 0.4) is 0 Å². The van der Waals surface area contributed by atoms with Gasteiger partial charge in [-0.05, 0) is 26.3 Å². The normalized spacial score (nSPS) is 17.1. The number of hydrogen-bond donors (Lipinski definition) is 2. The zero-order chi connectivity index (χ0) is 19.0. The van der Waals surface area contributed by atoms with Gasteiger partial charge in [0.2, 0.25) is 0 Å². The van der Waals surface area contributed by atoms with E-state index < -0.39 is 0 Å². The summed E-state index contributed by atoms with van der Waals surface area (Å²) in [5, 5.41) is 6.83. The molecule has 1 aliphatic rings. The number of halogens is 1. The van der Waals surface area contributed by atoms with E-state index in [0.29, 0.717) is 6.54 Å². The Hall–Kier alpha value is -0.900. The lowest BCUT2D eigenvalue weighted by molar-refractivity contribution is 0.0167. The molecule has 1 aromatic rings. The predicted octanol–water partition coefficient (Wildman–Crippen LogP) is 2.58. The second-order valence-electron chi connectivity index (χ2n) is 7.35. The van der Waals surface area contributed by atoms with E-state index >= 15 is 0 Å². The van der Waals surface area contributed by atoms with Gasteiger partial charge in [0.15, 0.2) is 5.96 Å². The highest BCUT2D eigenvalue weighted by Crippen LogP contribution is 2.22. The van der Waals surface area contributed by atoms with Crippen LogP contribution < -0.4 is 10.6 Å². The number of aliphatic imine (C=N–C) groups is 1. The van der Waals surface area contributed by atoms with Crippen LogP contribution in [0.25, 0.3) is 0 Å². The maximum atomic E-state index is 5.53. The topological polar surface area (TPSA) is 58.1 Å². The molecule has 1 fully saturated rings. The highest BCUT2D eigenvalue weighted by molar-refractivity contribution is 14.0. The third kappa shape index (κ3) is 7.93. The fourth-order valence-electron chi connectivity index (χ4n) is 3.01. The van der Waals surface area contributed by atoms with Crippen molar-refractivity contribution in [2.24, 2.45) is 4.99 Å². The Bertz CT molecular complexity index is 589. The molecule has 0 saturated carbocycles. The SMILES string of the molecule is CN=C(NCC(c1cccc(C)c1)N1CCOCC1)NCC(C)(C)OC.I. The van der Waals surface area contributed by atoms with Gasteiger partial charge in [-0.3, -0.25) is 9.89 Å². The van der Waals surface area contributed by atoms with Crippen molar-refractivity contribution in [3.63, 3.8) is 0 Å². The summed E-state index contributed by atoms with van der Waals surface area (Å²) in [5.41, 5.74) is 2.37. The number of ether oxygens (including phenoxy) is 2. The number of guanidine groups is 1.